The monoisotopic (exact) mass is 289 g/mol. The van der Waals surface area contributed by atoms with Crippen molar-refractivity contribution in [2.24, 2.45) is 0 Å². The lowest BCUT2D eigenvalue weighted by atomic mass is 10.1. The number of amides is 1. The summed E-state index contributed by atoms with van der Waals surface area (Å²) in [6, 6.07) is 10.4. The highest BCUT2D eigenvalue weighted by atomic mass is 32.1. The number of carbonyl (C=O) groups is 2. The van der Waals surface area contributed by atoms with Crippen LogP contribution in [-0.2, 0) is 11.2 Å². The molecule has 2 rings (SSSR count). The van der Waals surface area contributed by atoms with Crippen LogP contribution in [0.3, 0.4) is 0 Å². The number of rotatable bonds is 5. The first-order valence-electron chi connectivity index (χ1n) is 6.19. The molecule has 0 aliphatic carbocycles. The normalized spacial score (nSPS) is 10.1. The average molecular weight is 289 g/mol. The van der Waals surface area contributed by atoms with Gasteiger partial charge in [0.05, 0.1) is 12.7 Å². The van der Waals surface area contributed by atoms with Gasteiger partial charge in [-0.2, -0.15) is 0 Å². The molecule has 0 atom stereocenters. The molecule has 20 heavy (non-hydrogen) atoms. The van der Waals surface area contributed by atoms with Gasteiger partial charge in [0.15, 0.2) is 0 Å². The van der Waals surface area contributed by atoms with E-state index in [0.717, 1.165) is 6.42 Å². The van der Waals surface area contributed by atoms with Crippen LogP contribution in [0.25, 0.3) is 0 Å². The fourth-order valence-electron chi connectivity index (χ4n) is 1.73. The summed E-state index contributed by atoms with van der Waals surface area (Å²) in [5.41, 5.74) is 0.964. The van der Waals surface area contributed by atoms with Crippen molar-refractivity contribution in [3.8, 4) is 0 Å². The van der Waals surface area contributed by atoms with E-state index in [2.05, 4.69) is 10.1 Å². The van der Waals surface area contributed by atoms with Gasteiger partial charge in [-0.1, -0.05) is 6.07 Å². The van der Waals surface area contributed by atoms with E-state index in [1.165, 1.54) is 12.0 Å². The molecule has 104 valence electrons. The Morgan fingerprint density at radius 2 is 1.85 bits per heavy atom. The molecule has 1 aromatic heterocycles. The second kappa shape index (κ2) is 6.86. The molecule has 2 aromatic rings. The molecule has 0 aliphatic heterocycles. The van der Waals surface area contributed by atoms with Gasteiger partial charge < -0.3 is 10.1 Å². The van der Waals surface area contributed by atoms with E-state index in [1.807, 2.05) is 17.5 Å². The van der Waals surface area contributed by atoms with Crippen LogP contribution in [0.2, 0.25) is 0 Å². The SMILES string of the molecule is COC(=O)c1ccc(C(=O)NCCc2cccs2)cc1. The number of ether oxygens (including phenoxy) is 1. The molecule has 1 amide bonds. The molecule has 0 aliphatic rings. The van der Waals surface area contributed by atoms with E-state index in [-0.39, 0.29) is 5.91 Å². The predicted octanol–water partition coefficient (Wildman–Crippen LogP) is 2.51. The third-order valence-corrected chi connectivity index (χ3v) is 3.74. The Kier molecular flexibility index (Phi) is 4.90. The Balaban J connectivity index is 1.87. The highest BCUT2D eigenvalue weighted by Gasteiger charge is 2.08. The lowest BCUT2D eigenvalue weighted by molar-refractivity contribution is 0.0600. The Morgan fingerprint density at radius 3 is 2.45 bits per heavy atom. The van der Waals surface area contributed by atoms with Crippen molar-refractivity contribution in [3.05, 3.63) is 57.8 Å². The van der Waals surface area contributed by atoms with Crippen molar-refractivity contribution in [2.45, 2.75) is 6.42 Å². The van der Waals surface area contributed by atoms with Crippen LogP contribution >= 0.6 is 11.3 Å². The summed E-state index contributed by atoms with van der Waals surface area (Å²) in [4.78, 5) is 24.4. The van der Waals surface area contributed by atoms with Gasteiger partial charge in [0.2, 0.25) is 0 Å². The predicted molar refractivity (Wildman–Crippen MR) is 78.1 cm³/mol. The van der Waals surface area contributed by atoms with E-state index in [9.17, 15) is 9.59 Å². The summed E-state index contributed by atoms with van der Waals surface area (Å²) in [6.07, 6.45) is 0.823. The maximum Gasteiger partial charge on any atom is 0.337 e. The first-order valence-corrected chi connectivity index (χ1v) is 7.07. The second-order valence-electron chi connectivity index (χ2n) is 4.15. The van der Waals surface area contributed by atoms with Gasteiger partial charge in [-0.25, -0.2) is 4.79 Å². The van der Waals surface area contributed by atoms with Gasteiger partial charge in [0.1, 0.15) is 0 Å². The molecule has 5 heteroatoms. The maximum absolute atomic E-state index is 11.9. The van der Waals surface area contributed by atoms with E-state index in [1.54, 1.807) is 35.6 Å². The van der Waals surface area contributed by atoms with Crippen LogP contribution in [-0.4, -0.2) is 25.5 Å². The summed E-state index contributed by atoms with van der Waals surface area (Å²) in [5.74, 6) is -0.548. The largest absolute Gasteiger partial charge is 0.465 e. The van der Waals surface area contributed by atoms with Crippen molar-refractivity contribution >= 4 is 23.2 Å². The molecular weight excluding hydrogens is 274 g/mol. The van der Waals surface area contributed by atoms with Gasteiger partial charge >= 0.3 is 5.97 Å². The number of nitrogens with one attached hydrogen (secondary N) is 1. The fourth-order valence-corrected chi connectivity index (χ4v) is 2.44. The van der Waals surface area contributed by atoms with Crippen molar-refractivity contribution in [1.29, 1.82) is 0 Å². The minimum absolute atomic E-state index is 0.141. The highest BCUT2D eigenvalue weighted by Crippen LogP contribution is 2.09. The number of hydrogen-bond acceptors (Lipinski definition) is 4. The first-order chi connectivity index (χ1) is 9.70. The van der Waals surface area contributed by atoms with Crippen molar-refractivity contribution in [1.82, 2.24) is 5.32 Å². The quantitative estimate of drug-likeness (QED) is 0.860. The van der Waals surface area contributed by atoms with Gasteiger partial charge in [-0.3, -0.25) is 4.79 Å². The standard InChI is InChI=1S/C15H15NO3S/c1-19-15(18)12-6-4-11(5-7-12)14(17)16-9-8-13-3-2-10-20-13/h2-7,10H,8-9H2,1H3,(H,16,17). The summed E-state index contributed by atoms with van der Waals surface area (Å²) in [5, 5.41) is 4.87. The molecule has 0 spiro atoms. The highest BCUT2D eigenvalue weighted by molar-refractivity contribution is 7.09. The molecule has 4 nitrogen and oxygen atoms in total. The van der Waals surface area contributed by atoms with Crippen LogP contribution in [0.5, 0.6) is 0 Å². The summed E-state index contributed by atoms with van der Waals surface area (Å²) < 4.78 is 4.60. The maximum atomic E-state index is 11.9. The Hall–Kier alpha value is -2.14. The van der Waals surface area contributed by atoms with Crippen molar-refractivity contribution < 1.29 is 14.3 Å². The van der Waals surface area contributed by atoms with Gasteiger partial charge in [0.25, 0.3) is 5.91 Å². The molecule has 1 N–H and O–H groups in total. The number of methoxy groups -OCH3 is 1. The van der Waals surface area contributed by atoms with Crippen LogP contribution in [0.4, 0.5) is 0 Å². The molecule has 1 heterocycles. The minimum atomic E-state index is -0.408. The number of thiophene rings is 1. The topological polar surface area (TPSA) is 55.4 Å². The summed E-state index contributed by atoms with van der Waals surface area (Å²) >= 11 is 1.68. The second-order valence-corrected chi connectivity index (χ2v) is 5.19. The number of hydrogen-bond donors (Lipinski definition) is 1. The average Bonchev–Trinajstić information content (AvgIpc) is 2.99. The summed E-state index contributed by atoms with van der Waals surface area (Å²) in [7, 11) is 1.33. The smallest absolute Gasteiger partial charge is 0.337 e. The minimum Gasteiger partial charge on any atom is -0.465 e. The zero-order valence-electron chi connectivity index (χ0n) is 11.1. The summed E-state index contributed by atoms with van der Waals surface area (Å²) in [6.45, 7) is 0.595. The Bertz CT molecular complexity index is 576. The third kappa shape index (κ3) is 3.68. The molecule has 0 saturated carbocycles. The van der Waals surface area contributed by atoms with Crippen LogP contribution in [0, 0.1) is 0 Å². The van der Waals surface area contributed by atoms with E-state index in [0.29, 0.717) is 17.7 Å². The molecule has 0 fully saturated rings. The fraction of sp³-hybridized carbons (Fsp3) is 0.200. The van der Waals surface area contributed by atoms with Crippen molar-refractivity contribution in [2.75, 3.05) is 13.7 Å². The molecule has 1 aromatic carbocycles. The lowest BCUT2D eigenvalue weighted by Gasteiger charge is -2.05. The van der Waals surface area contributed by atoms with E-state index >= 15 is 0 Å². The van der Waals surface area contributed by atoms with Gasteiger partial charge in [-0.15, -0.1) is 11.3 Å². The molecule has 0 saturated heterocycles. The Labute approximate surface area is 121 Å². The third-order valence-electron chi connectivity index (χ3n) is 2.81. The van der Waals surface area contributed by atoms with Gasteiger partial charge in [0, 0.05) is 17.0 Å². The number of carbonyl (C=O) groups excluding carboxylic acids is 2. The molecular formula is C15H15NO3S. The van der Waals surface area contributed by atoms with Crippen LogP contribution in [0.1, 0.15) is 25.6 Å². The van der Waals surface area contributed by atoms with Crippen LogP contribution in [0.15, 0.2) is 41.8 Å². The zero-order chi connectivity index (χ0) is 14.4. The molecule has 0 bridgehead atoms. The van der Waals surface area contributed by atoms with Gasteiger partial charge in [-0.05, 0) is 42.1 Å². The van der Waals surface area contributed by atoms with E-state index < -0.39 is 5.97 Å². The molecule has 0 radical (unpaired) electrons. The lowest BCUT2D eigenvalue weighted by Crippen LogP contribution is -2.25. The molecule has 0 unspecified atom stereocenters. The number of esters is 1. The Morgan fingerprint density at radius 1 is 1.15 bits per heavy atom. The van der Waals surface area contributed by atoms with Crippen molar-refractivity contribution in [3.63, 3.8) is 0 Å². The first kappa shape index (κ1) is 14.3. The van der Waals surface area contributed by atoms with Crippen LogP contribution < -0.4 is 5.32 Å². The zero-order valence-corrected chi connectivity index (χ0v) is 11.9. The number of benzene rings is 1. The van der Waals surface area contributed by atoms with E-state index in [4.69, 9.17) is 0 Å².